The topological polar surface area (TPSA) is 84.7 Å². The average molecular weight is 507 g/mol. The quantitative estimate of drug-likeness (QED) is 0.327. The van der Waals surface area contributed by atoms with Crippen molar-refractivity contribution < 1.29 is 9.18 Å². The molecule has 1 unspecified atom stereocenters. The molecule has 5 rings (SSSR count). The number of hydrogen-bond donors (Lipinski definition) is 2. The number of pyridine rings is 1. The Morgan fingerprint density at radius 2 is 2.06 bits per heavy atom. The van der Waals surface area contributed by atoms with Gasteiger partial charge in [-0.05, 0) is 48.4 Å². The fourth-order valence-electron chi connectivity index (χ4n) is 3.86. The molecule has 35 heavy (non-hydrogen) atoms. The number of allylic oxidation sites excluding steroid dienone is 1. The Balaban J connectivity index is 1.50. The average Bonchev–Trinajstić information content (AvgIpc) is 3.25. The zero-order chi connectivity index (χ0) is 24.4. The maximum atomic E-state index is 14.2. The van der Waals surface area contributed by atoms with Gasteiger partial charge in [0.25, 0.3) is 5.91 Å². The van der Waals surface area contributed by atoms with Gasteiger partial charge in [-0.15, -0.1) is 5.10 Å². The van der Waals surface area contributed by atoms with E-state index in [1.165, 1.54) is 23.9 Å². The molecule has 2 aromatic carbocycles. The molecule has 0 aliphatic carbocycles. The minimum absolute atomic E-state index is 0.344. The Bertz CT molecular complexity index is 1420. The maximum Gasteiger partial charge on any atom is 0.255 e. The molecule has 1 aliphatic heterocycles. The minimum atomic E-state index is -0.680. The molecule has 0 spiro atoms. The Kier molecular flexibility index (Phi) is 6.52. The van der Waals surface area contributed by atoms with Crippen molar-refractivity contribution in [3.8, 4) is 0 Å². The third-order valence-corrected chi connectivity index (χ3v) is 6.73. The van der Waals surface area contributed by atoms with Crippen LogP contribution in [0.4, 0.5) is 16.0 Å². The molecule has 0 fully saturated rings. The van der Waals surface area contributed by atoms with Gasteiger partial charge in [0.2, 0.25) is 11.1 Å². The second-order valence-electron chi connectivity index (χ2n) is 7.86. The van der Waals surface area contributed by atoms with Crippen molar-refractivity contribution in [3.63, 3.8) is 0 Å². The first kappa shape index (κ1) is 23.1. The van der Waals surface area contributed by atoms with E-state index in [1.54, 1.807) is 48.3 Å². The number of carbonyl (C=O) groups excluding carboxylic acids is 1. The van der Waals surface area contributed by atoms with E-state index >= 15 is 0 Å². The number of halogens is 2. The molecule has 0 radical (unpaired) electrons. The smallest absolute Gasteiger partial charge is 0.255 e. The van der Waals surface area contributed by atoms with Crippen LogP contribution in [0.3, 0.4) is 0 Å². The van der Waals surface area contributed by atoms with Gasteiger partial charge in [0, 0.05) is 22.7 Å². The summed E-state index contributed by atoms with van der Waals surface area (Å²) in [5.41, 5.74) is 3.10. The normalized spacial score (nSPS) is 14.9. The van der Waals surface area contributed by atoms with Gasteiger partial charge >= 0.3 is 0 Å². The third kappa shape index (κ3) is 4.91. The van der Waals surface area contributed by atoms with Crippen LogP contribution in [0, 0.1) is 5.82 Å². The highest BCUT2D eigenvalue weighted by Gasteiger charge is 2.34. The number of amides is 1. The minimum Gasteiger partial charge on any atom is -0.328 e. The fraction of sp³-hybridized carbons (Fsp3) is 0.120. The van der Waals surface area contributed by atoms with Crippen LogP contribution in [-0.4, -0.2) is 25.7 Å². The first-order valence-corrected chi connectivity index (χ1v) is 12.1. The van der Waals surface area contributed by atoms with E-state index in [2.05, 4.69) is 25.7 Å². The highest BCUT2D eigenvalue weighted by atomic mass is 35.5. The summed E-state index contributed by atoms with van der Waals surface area (Å²) in [6.07, 6.45) is 3.19. The van der Waals surface area contributed by atoms with E-state index in [4.69, 9.17) is 11.6 Å². The van der Waals surface area contributed by atoms with Crippen molar-refractivity contribution in [2.75, 3.05) is 10.6 Å². The first-order chi connectivity index (χ1) is 17.0. The molecule has 4 aromatic rings. The molecule has 1 amide bonds. The van der Waals surface area contributed by atoms with Crippen LogP contribution in [-0.2, 0) is 10.5 Å². The molecule has 176 valence electrons. The van der Waals surface area contributed by atoms with E-state index in [9.17, 15) is 9.18 Å². The van der Waals surface area contributed by atoms with Crippen LogP contribution < -0.4 is 10.6 Å². The second kappa shape index (κ2) is 9.89. The van der Waals surface area contributed by atoms with Crippen molar-refractivity contribution >= 4 is 40.9 Å². The summed E-state index contributed by atoms with van der Waals surface area (Å²) in [5, 5.41) is 11.9. The Labute approximate surface area is 210 Å². The summed E-state index contributed by atoms with van der Waals surface area (Å²) in [6.45, 7) is 1.79. The standard InChI is InChI=1S/C25H20ClFN6OS/c1-15-21(23(34)30-19-9-5-11-28-13-19)22(16-7-4-8-18(27)12-16)33-24(29-15)31-25(32-33)35-14-17-6-2-3-10-20(17)26/h2-13,22H,14H2,1H3,(H,30,34)(H,29,31,32). The molecule has 3 heterocycles. The number of aromatic nitrogens is 4. The molecular formula is C25H20ClFN6OS. The van der Waals surface area contributed by atoms with E-state index in [-0.39, 0.29) is 5.91 Å². The molecule has 0 bridgehead atoms. The van der Waals surface area contributed by atoms with Crippen molar-refractivity contribution in [1.29, 1.82) is 0 Å². The third-order valence-electron chi connectivity index (χ3n) is 5.48. The largest absolute Gasteiger partial charge is 0.328 e. The lowest BCUT2D eigenvalue weighted by Gasteiger charge is -2.28. The van der Waals surface area contributed by atoms with Gasteiger partial charge in [0.05, 0.1) is 17.5 Å². The molecule has 2 N–H and O–H groups in total. The number of carbonyl (C=O) groups is 1. The summed E-state index contributed by atoms with van der Waals surface area (Å²) >= 11 is 7.71. The highest BCUT2D eigenvalue weighted by molar-refractivity contribution is 7.98. The van der Waals surface area contributed by atoms with Crippen molar-refractivity contribution in [2.24, 2.45) is 0 Å². The van der Waals surface area contributed by atoms with Crippen LogP contribution in [0.15, 0.2) is 89.5 Å². The van der Waals surface area contributed by atoms with E-state index in [1.807, 2.05) is 24.3 Å². The first-order valence-electron chi connectivity index (χ1n) is 10.8. The van der Waals surface area contributed by atoms with Crippen molar-refractivity contribution in [1.82, 2.24) is 19.7 Å². The monoisotopic (exact) mass is 506 g/mol. The Morgan fingerprint density at radius 3 is 2.83 bits per heavy atom. The summed E-state index contributed by atoms with van der Waals surface area (Å²) in [4.78, 5) is 22.1. The van der Waals surface area contributed by atoms with E-state index in [0.717, 1.165) is 5.56 Å². The zero-order valence-corrected chi connectivity index (χ0v) is 20.1. The summed E-state index contributed by atoms with van der Waals surface area (Å²) in [6, 6.07) is 16.5. The van der Waals surface area contributed by atoms with Crippen LogP contribution in [0.5, 0.6) is 0 Å². The van der Waals surface area contributed by atoms with Crippen LogP contribution in [0.2, 0.25) is 5.02 Å². The van der Waals surface area contributed by atoms with Gasteiger partial charge in [-0.25, -0.2) is 9.07 Å². The molecule has 1 aliphatic rings. The number of nitrogens with one attached hydrogen (secondary N) is 2. The van der Waals surface area contributed by atoms with Gasteiger partial charge < -0.3 is 10.6 Å². The van der Waals surface area contributed by atoms with Crippen molar-refractivity contribution in [3.05, 3.63) is 106 Å². The molecule has 1 atom stereocenters. The van der Waals surface area contributed by atoms with Crippen LogP contribution in [0.25, 0.3) is 0 Å². The van der Waals surface area contributed by atoms with E-state index in [0.29, 0.717) is 44.4 Å². The van der Waals surface area contributed by atoms with E-state index < -0.39 is 11.9 Å². The predicted octanol–water partition coefficient (Wildman–Crippen LogP) is 5.69. The molecule has 7 nitrogen and oxygen atoms in total. The second-order valence-corrected chi connectivity index (χ2v) is 9.21. The predicted molar refractivity (Wildman–Crippen MR) is 135 cm³/mol. The number of benzene rings is 2. The van der Waals surface area contributed by atoms with Gasteiger partial charge in [0.15, 0.2) is 0 Å². The number of fused-ring (bicyclic) bond motifs is 1. The molecule has 0 saturated carbocycles. The number of nitrogens with zero attached hydrogens (tertiary/aromatic N) is 4. The molecule has 2 aromatic heterocycles. The van der Waals surface area contributed by atoms with Gasteiger partial charge in [-0.2, -0.15) is 4.98 Å². The number of rotatable bonds is 6. The lowest BCUT2D eigenvalue weighted by molar-refractivity contribution is -0.113. The van der Waals surface area contributed by atoms with Gasteiger partial charge in [-0.3, -0.25) is 9.78 Å². The lowest BCUT2D eigenvalue weighted by Crippen LogP contribution is -2.31. The fourth-order valence-corrected chi connectivity index (χ4v) is 4.98. The van der Waals surface area contributed by atoms with Crippen LogP contribution >= 0.6 is 23.4 Å². The van der Waals surface area contributed by atoms with Crippen LogP contribution in [0.1, 0.15) is 24.1 Å². The SMILES string of the molecule is CC1=C(C(=O)Nc2cccnc2)C(c2cccc(F)c2)n2nc(SCc3ccccc3Cl)nc2N1. The lowest BCUT2D eigenvalue weighted by atomic mass is 9.95. The number of hydrogen-bond acceptors (Lipinski definition) is 6. The highest BCUT2D eigenvalue weighted by Crippen LogP contribution is 2.37. The number of anilines is 2. The molecular weight excluding hydrogens is 487 g/mol. The Morgan fingerprint density at radius 1 is 1.20 bits per heavy atom. The zero-order valence-electron chi connectivity index (χ0n) is 18.6. The number of thioether (sulfide) groups is 1. The summed E-state index contributed by atoms with van der Waals surface area (Å²) in [5.74, 6) is 0.301. The van der Waals surface area contributed by atoms with Gasteiger partial charge in [-0.1, -0.05) is 53.7 Å². The summed E-state index contributed by atoms with van der Waals surface area (Å²) in [7, 11) is 0. The Hall–Kier alpha value is -3.69. The maximum absolute atomic E-state index is 14.2. The molecule has 0 saturated heterocycles. The summed E-state index contributed by atoms with van der Waals surface area (Å²) < 4.78 is 15.8. The van der Waals surface area contributed by atoms with Crippen molar-refractivity contribution in [2.45, 2.75) is 23.9 Å². The molecule has 10 heteroatoms. The van der Waals surface area contributed by atoms with Gasteiger partial charge in [0.1, 0.15) is 11.9 Å².